The average Bonchev–Trinajstić information content (AvgIpc) is 2.23. The normalized spacial score (nSPS) is 10.7. The van der Waals surface area contributed by atoms with Crippen LogP contribution in [0.1, 0.15) is 13.8 Å². The molecule has 0 aliphatic heterocycles. The Labute approximate surface area is 107 Å². The van der Waals surface area contributed by atoms with E-state index in [2.05, 4.69) is 26.6 Å². The van der Waals surface area contributed by atoms with Crippen LogP contribution >= 0.6 is 15.9 Å². The van der Waals surface area contributed by atoms with E-state index in [1.165, 1.54) is 0 Å². The molecule has 0 saturated carbocycles. The highest BCUT2D eigenvalue weighted by atomic mass is 79.9. The molecule has 0 aromatic heterocycles. The second-order valence-electron chi connectivity index (χ2n) is 3.83. The van der Waals surface area contributed by atoms with E-state index in [0.29, 0.717) is 0 Å². The molecule has 0 aliphatic carbocycles. The van der Waals surface area contributed by atoms with E-state index in [9.17, 15) is 13.6 Å². The summed E-state index contributed by atoms with van der Waals surface area (Å²) in [5, 5.41) is 5.17. The van der Waals surface area contributed by atoms with Gasteiger partial charge in [0.2, 0.25) is 5.91 Å². The standard InChI is InChI=1S/C11H13BrF2N2O/c1-6(2)15-5-11(17)16-10-4-8(13)7(12)3-9(10)14/h3-4,6,15H,5H2,1-2H3,(H,16,17). The lowest BCUT2D eigenvalue weighted by Gasteiger charge is -2.10. The van der Waals surface area contributed by atoms with E-state index in [-0.39, 0.29) is 22.7 Å². The maximum Gasteiger partial charge on any atom is 0.238 e. The Balaban J connectivity index is 2.68. The maximum absolute atomic E-state index is 13.4. The maximum atomic E-state index is 13.4. The fraction of sp³-hybridized carbons (Fsp3) is 0.364. The molecule has 0 radical (unpaired) electrons. The highest BCUT2D eigenvalue weighted by Crippen LogP contribution is 2.23. The summed E-state index contributed by atoms with van der Waals surface area (Å²) in [7, 11) is 0. The summed E-state index contributed by atoms with van der Waals surface area (Å²) < 4.78 is 26.5. The third-order valence-corrected chi connectivity index (χ3v) is 2.56. The third kappa shape index (κ3) is 4.40. The molecule has 6 heteroatoms. The fourth-order valence-electron chi connectivity index (χ4n) is 1.11. The summed E-state index contributed by atoms with van der Waals surface area (Å²) in [4.78, 5) is 11.4. The first kappa shape index (κ1) is 14.1. The first-order valence-electron chi connectivity index (χ1n) is 5.08. The number of nitrogens with one attached hydrogen (secondary N) is 2. The zero-order chi connectivity index (χ0) is 13.0. The van der Waals surface area contributed by atoms with Gasteiger partial charge < -0.3 is 10.6 Å². The molecule has 1 aromatic rings. The van der Waals surface area contributed by atoms with Crippen LogP contribution in [0.5, 0.6) is 0 Å². The number of benzene rings is 1. The van der Waals surface area contributed by atoms with E-state index >= 15 is 0 Å². The Morgan fingerprint density at radius 1 is 1.35 bits per heavy atom. The van der Waals surface area contributed by atoms with Crippen molar-refractivity contribution in [2.75, 3.05) is 11.9 Å². The van der Waals surface area contributed by atoms with Gasteiger partial charge in [0.25, 0.3) is 0 Å². The number of carbonyl (C=O) groups excluding carboxylic acids is 1. The van der Waals surface area contributed by atoms with Gasteiger partial charge in [-0.1, -0.05) is 13.8 Å². The smallest absolute Gasteiger partial charge is 0.238 e. The second-order valence-corrected chi connectivity index (χ2v) is 4.68. The molecule has 1 rings (SSSR count). The van der Waals surface area contributed by atoms with Crippen molar-refractivity contribution < 1.29 is 13.6 Å². The molecule has 0 saturated heterocycles. The topological polar surface area (TPSA) is 41.1 Å². The molecule has 0 fully saturated rings. The lowest BCUT2D eigenvalue weighted by Crippen LogP contribution is -2.32. The van der Waals surface area contributed by atoms with Gasteiger partial charge in [-0.25, -0.2) is 8.78 Å². The van der Waals surface area contributed by atoms with E-state index in [0.717, 1.165) is 12.1 Å². The van der Waals surface area contributed by atoms with Crippen molar-refractivity contribution in [1.29, 1.82) is 0 Å². The summed E-state index contributed by atoms with van der Waals surface area (Å²) in [6, 6.07) is 2.06. The van der Waals surface area contributed by atoms with Crippen molar-refractivity contribution in [3.8, 4) is 0 Å². The SMILES string of the molecule is CC(C)NCC(=O)Nc1cc(F)c(Br)cc1F. The molecular weight excluding hydrogens is 294 g/mol. The van der Waals surface area contributed by atoms with Crippen molar-refractivity contribution in [3.05, 3.63) is 28.2 Å². The molecule has 0 atom stereocenters. The number of rotatable bonds is 4. The Bertz CT molecular complexity index is 424. The predicted molar refractivity (Wildman–Crippen MR) is 65.8 cm³/mol. The number of carbonyl (C=O) groups is 1. The highest BCUT2D eigenvalue weighted by molar-refractivity contribution is 9.10. The monoisotopic (exact) mass is 306 g/mol. The molecule has 17 heavy (non-hydrogen) atoms. The summed E-state index contributed by atoms with van der Waals surface area (Å²) in [5.41, 5.74) is -0.166. The Hall–Kier alpha value is -1.01. The van der Waals surface area contributed by atoms with Gasteiger partial charge in [-0.05, 0) is 22.0 Å². The van der Waals surface area contributed by atoms with Crippen LogP contribution in [0.4, 0.5) is 14.5 Å². The number of halogens is 3. The Morgan fingerprint density at radius 3 is 2.59 bits per heavy atom. The molecule has 0 aliphatic rings. The molecule has 2 N–H and O–H groups in total. The van der Waals surface area contributed by atoms with Crippen LogP contribution in [0, 0.1) is 11.6 Å². The van der Waals surface area contributed by atoms with Gasteiger partial charge in [-0.3, -0.25) is 4.79 Å². The van der Waals surface area contributed by atoms with Gasteiger partial charge in [0.1, 0.15) is 11.6 Å². The van der Waals surface area contributed by atoms with Crippen LogP contribution in [-0.4, -0.2) is 18.5 Å². The summed E-state index contributed by atoms with van der Waals surface area (Å²) in [6.07, 6.45) is 0. The molecule has 0 bridgehead atoms. The van der Waals surface area contributed by atoms with Crippen LogP contribution in [0.25, 0.3) is 0 Å². The van der Waals surface area contributed by atoms with Gasteiger partial charge >= 0.3 is 0 Å². The molecule has 1 aromatic carbocycles. The molecule has 0 spiro atoms. The average molecular weight is 307 g/mol. The largest absolute Gasteiger partial charge is 0.322 e. The Morgan fingerprint density at radius 2 is 2.00 bits per heavy atom. The zero-order valence-electron chi connectivity index (χ0n) is 9.48. The van der Waals surface area contributed by atoms with Crippen molar-refractivity contribution in [2.24, 2.45) is 0 Å². The minimum atomic E-state index is -0.684. The number of hydrogen-bond acceptors (Lipinski definition) is 2. The van der Waals surface area contributed by atoms with Crippen LogP contribution < -0.4 is 10.6 Å². The van der Waals surface area contributed by atoms with E-state index in [4.69, 9.17) is 0 Å². The van der Waals surface area contributed by atoms with Gasteiger partial charge in [0, 0.05) is 12.1 Å². The minimum absolute atomic E-state index is 0.0216. The van der Waals surface area contributed by atoms with Crippen LogP contribution in [0.15, 0.2) is 16.6 Å². The molecule has 0 heterocycles. The van der Waals surface area contributed by atoms with Crippen molar-refractivity contribution in [3.63, 3.8) is 0 Å². The highest BCUT2D eigenvalue weighted by Gasteiger charge is 2.11. The van der Waals surface area contributed by atoms with Crippen LogP contribution in [-0.2, 0) is 4.79 Å². The van der Waals surface area contributed by atoms with Gasteiger partial charge in [0.05, 0.1) is 16.7 Å². The predicted octanol–water partition coefficient (Wildman–Crippen LogP) is 2.66. The molecule has 1 amide bonds. The first-order valence-corrected chi connectivity index (χ1v) is 5.87. The van der Waals surface area contributed by atoms with Crippen molar-refractivity contribution in [2.45, 2.75) is 19.9 Å². The lowest BCUT2D eigenvalue weighted by molar-refractivity contribution is -0.115. The van der Waals surface area contributed by atoms with Crippen LogP contribution in [0.3, 0.4) is 0 Å². The van der Waals surface area contributed by atoms with Crippen molar-refractivity contribution in [1.82, 2.24) is 5.32 Å². The number of hydrogen-bond donors (Lipinski definition) is 2. The quantitative estimate of drug-likeness (QED) is 0.840. The van der Waals surface area contributed by atoms with E-state index in [1.807, 2.05) is 13.8 Å². The van der Waals surface area contributed by atoms with Gasteiger partial charge in [-0.2, -0.15) is 0 Å². The van der Waals surface area contributed by atoms with E-state index in [1.54, 1.807) is 0 Å². The summed E-state index contributed by atoms with van der Waals surface area (Å²) in [5.74, 6) is -1.73. The second kappa shape index (κ2) is 6.07. The van der Waals surface area contributed by atoms with Crippen molar-refractivity contribution >= 4 is 27.5 Å². The Kier molecular flexibility index (Phi) is 5.02. The lowest BCUT2D eigenvalue weighted by atomic mass is 10.3. The number of anilines is 1. The summed E-state index contributed by atoms with van der Waals surface area (Å²) in [6.45, 7) is 3.81. The van der Waals surface area contributed by atoms with Crippen LogP contribution in [0.2, 0.25) is 0 Å². The molecular formula is C11H13BrF2N2O. The fourth-order valence-corrected chi connectivity index (χ4v) is 1.43. The third-order valence-electron chi connectivity index (χ3n) is 1.95. The first-order chi connectivity index (χ1) is 7.90. The molecule has 94 valence electrons. The minimum Gasteiger partial charge on any atom is -0.322 e. The zero-order valence-corrected chi connectivity index (χ0v) is 11.1. The molecule has 0 unspecified atom stereocenters. The summed E-state index contributed by atoms with van der Waals surface area (Å²) >= 11 is 2.86. The number of amides is 1. The van der Waals surface area contributed by atoms with E-state index < -0.39 is 17.5 Å². The molecule has 3 nitrogen and oxygen atoms in total. The van der Waals surface area contributed by atoms with Gasteiger partial charge in [0.15, 0.2) is 0 Å². The van der Waals surface area contributed by atoms with Gasteiger partial charge in [-0.15, -0.1) is 0 Å².